The van der Waals surface area contributed by atoms with E-state index in [0.29, 0.717) is 12.1 Å². The third-order valence-corrected chi connectivity index (χ3v) is 5.57. The topological polar surface area (TPSA) is 56.0 Å². The number of hydrogen-bond donors (Lipinski definition) is 0. The van der Waals surface area contributed by atoms with Gasteiger partial charge in [0.2, 0.25) is 0 Å². The highest BCUT2D eigenvalue weighted by atomic mass is 16.2. The largest absolute Gasteiger partial charge is 0.336 e. The highest BCUT2D eigenvalue weighted by molar-refractivity contribution is 5.95. The molecule has 1 atom stereocenters. The zero-order chi connectivity index (χ0) is 19.1. The number of nitrogens with zero attached hydrogens (tertiary/aromatic N) is 5. The van der Waals surface area contributed by atoms with Gasteiger partial charge in [-0.15, -0.1) is 0 Å². The summed E-state index contributed by atoms with van der Waals surface area (Å²) in [5, 5.41) is 4.44. The first-order chi connectivity index (χ1) is 13.7. The van der Waals surface area contributed by atoms with Crippen LogP contribution in [-0.2, 0) is 0 Å². The number of likely N-dealkylation sites (tertiary alicyclic amines) is 1. The molecule has 0 radical (unpaired) electrons. The lowest BCUT2D eigenvalue weighted by atomic mass is 10.2. The Balaban J connectivity index is 1.38. The predicted molar refractivity (Wildman–Crippen MR) is 108 cm³/mol. The Bertz CT molecular complexity index is 1140. The predicted octanol–water partition coefficient (Wildman–Crippen LogP) is 3.62. The van der Waals surface area contributed by atoms with Gasteiger partial charge in [0.1, 0.15) is 0 Å². The second-order valence-corrected chi connectivity index (χ2v) is 7.23. The fourth-order valence-electron chi connectivity index (χ4n) is 4.04. The molecule has 6 heteroatoms. The second kappa shape index (κ2) is 6.64. The van der Waals surface area contributed by atoms with Crippen molar-refractivity contribution in [3.05, 3.63) is 78.4 Å². The Kier molecular flexibility index (Phi) is 3.97. The number of para-hydroxylation sites is 3. The molecule has 1 aliphatic heterocycles. The first-order valence-corrected chi connectivity index (χ1v) is 9.53. The van der Waals surface area contributed by atoms with Crippen LogP contribution in [0.2, 0.25) is 0 Å². The molecule has 0 saturated carbocycles. The van der Waals surface area contributed by atoms with Crippen LogP contribution in [0.15, 0.2) is 67.1 Å². The molecule has 0 bridgehead atoms. The summed E-state index contributed by atoms with van der Waals surface area (Å²) in [6.07, 6.45) is 4.50. The van der Waals surface area contributed by atoms with Crippen LogP contribution >= 0.6 is 0 Å². The molecule has 2 aromatic carbocycles. The van der Waals surface area contributed by atoms with E-state index in [4.69, 9.17) is 0 Å². The third-order valence-electron chi connectivity index (χ3n) is 5.57. The van der Waals surface area contributed by atoms with Crippen LogP contribution < -0.4 is 0 Å². The molecule has 5 rings (SSSR count). The van der Waals surface area contributed by atoms with Crippen molar-refractivity contribution in [2.75, 3.05) is 13.1 Å². The minimum absolute atomic E-state index is 0.0478. The smallest absolute Gasteiger partial charge is 0.257 e. The third kappa shape index (κ3) is 2.69. The number of carbonyl (C=O) groups is 1. The maximum atomic E-state index is 13.1. The molecule has 0 N–H and O–H groups in total. The molecular weight excluding hydrogens is 350 g/mol. The van der Waals surface area contributed by atoms with Gasteiger partial charge < -0.3 is 9.47 Å². The maximum absolute atomic E-state index is 13.1. The number of aromatic nitrogens is 4. The summed E-state index contributed by atoms with van der Waals surface area (Å²) >= 11 is 0. The molecule has 0 spiro atoms. The van der Waals surface area contributed by atoms with E-state index < -0.39 is 0 Å². The zero-order valence-electron chi connectivity index (χ0n) is 15.7. The summed E-state index contributed by atoms with van der Waals surface area (Å²) in [6.45, 7) is 3.38. The minimum Gasteiger partial charge on any atom is -0.336 e. The van der Waals surface area contributed by atoms with E-state index in [1.807, 2.05) is 71.4 Å². The van der Waals surface area contributed by atoms with Crippen molar-refractivity contribution in [2.45, 2.75) is 19.4 Å². The molecule has 6 nitrogen and oxygen atoms in total. The average Bonchev–Trinajstić information content (AvgIpc) is 3.46. The maximum Gasteiger partial charge on any atom is 0.257 e. The van der Waals surface area contributed by atoms with Gasteiger partial charge in [0, 0.05) is 13.1 Å². The van der Waals surface area contributed by atoms with Gasteiger partial charge >= 0.3 is 0 Å². The van der Waals surface area contributed by atoms with Crippen molar-refractivity contribution in [3.63, 3.8) is 0 Å². The molecule has 3 heterocycles. The van der Waals surface area contributed by atoms with Crippen molar-refractivity contribution < 1.29 is 4.79 Å². The van der Waals surface area contributed by atoms with Crippen molar-refractivity contribution in [3.8, 4) is 5.69 Å². The molecule has 140 valence electrons. The zero-order valence-corrected chi connectivity index (χ0v) is 15.7. The number of carbonyl (C=O) groups excluding carboxylic acids is 1. The van der Waals surface area contributed by atoms with E-state index in [9.17, 15) is 4.79 Å². The van der Waals surface area contributed by atoms with Crippen LogP contribution in [-0.4, -0.2) is 43.2 Å². The molecule has 4 aromatic rings. The fourth-order valence-corrected chi connectivity index (χ4v) is 4.04. The first-order valence-electron chi connectivity index (χ1n) is 9.53. The van der Waals surface area contributed by atoms with Gasteiger partial charge in [-0.05, 0) is 37.6 Å². The molecular formula is C22H21N5O. The molecule has 1 saturated heterocycles. The fraction of sp³-hybridized carbons (Fsp3) is 0.227. The molecule has 2 aromatic heterocycles. The van der Waals surface area contributed by atoms with Gasteiger partial charge in [-0.2, -0.15) is 5.10 Å². The van der Waals surface area contributed by atoms with Gasteiger partial charge in [-0.25, -0.2) is 9.67 Å². The normalized spacial score (nSPS) is 16.8. The molecule has 0 aliphatic carbocycles. The number of fused-ring (bicyclic) bond motifs is 1. The molecule has 1 aliphatic rings. The van der Waals surface area contributed by atoms with Crippen molar-refractivity contribution in [1.82, 2.24) is 24.2 Å². The molecule has 1 amide bonds. The first kappa shape index (κ1) is 16.7. The number of imidazole rings is 1. The van der Waals surface area contributed by atoms with Crippen LogP contribution in [0.4, 0.5) is 0 Å². The Hall–Kier alpha value is -3.41. The van der Waals surface area contributed by atoms with Crippen LogP contribution in [0.25, 0.3) is 16.7 Å². The number of hydrogen-bond acceptors (Lipinski definition) is 3. The second-order valence-electron chi connectivity index (χ2n) is 7.23. The van der Waals surface area contributed by atoms with E-state index in [1.54, 1.807) is 6.20 Å². The van der Waals surface area contributed by atoms with Gasteiger partial charge in [-0.3, -0.25) is 4.79 Å². The summed E-state index contributed by atoms with van der Waals surface area (Å²) < 4.78 is 4.02. The highest BCUT2D eigenvalue weighted by Crippen LogP contribution is 2.27. The number of rotatable bonds is 3. The molecule has 0 unspecified atom stereocenters. The molecule has 1 fully saturated rings. The lowest BCUT2D eigenvalue weighted by Gasteiger charge is -2.17. The minimum atomic E-state index is 0.0478. The van der Waals surface area contributed by atoms with Crippen LogP contribution in [0, 0.1) is 6.92 Å². The van der Waals surface area contributed by atoms with Crippen molar-refractivity contribution >= 4 is 16.9 Å². The summed E-state index contributed by atoms with van der Waals surface area (Å²) in [5.74, 6) is 0.0478. The lowest BCUT2D eigenvalue weighted by Crippen LogP contribution is -2.29. The Morgan fingerprint density at radius 2 is 1.86 bits per heavy atom. The van der Waals surface area contributed by atoms with E-state index in [-0.39, 0.29) is 11.9 Å². The number of amides is 1. The van der Waals surface area contributed by atoms with Crippen LogP contribution in [0.5, 0.6) is 0 Å². The Morgan fingerprint density at radius 1 is 1.07 bits per heavy atom. The Morgan fingerprint density at radius 3 is 2.71 bits per heavy atom. The quantitative estimate of drug-likeness (QED) is 0.553. The van der Waals surface area contributed by atoms with Gasteiger partial charge in [0.25, 0.3) is 5.91 Å². The van der Waals surface area contributed by atoms with Gasteiger partial charge in [0.05, 0.1) is 46.5 Å². The lowest BCUT2D eigenvalue weighted by molar-refractivity contribution is 0.0787. The number of benzene rings is 2. The van der Waals surface area contributed by atoms with Crippen molar-refractivity contribution in [2.24, 2.45) is 0 Å². The van der Waals surface area contributed by atoms with Crippen LogP contribution in [0.1, 0.15) is 28.5 Å². The summed E-state index contributed by atoms with van der Waals surface area (Å²) in [6, 6.07) is 18.3. The van der Waals surface area contributed by atoms with Gasteiger partial charge in [0.15, 0.2) is 0 Å². The highest BCUT2D eigenvalue weighted by Gasteiger charge is 2.30. The molecule has 28 heavy (non-hydrogen) atoms. The summed E-state index contributed by atoms with van der Waals surface area (Å²) in [5.41, 5.74) is 4.61. The average molecular weight is 371 g/mol. The summed E-state index contributed by atoms with van der Waals surface area (Å²) in [7, 11) is 0. The van der Waals surface area contributed by atoms with E-state index in [2.05, 4.69) is 20.7 Å². The van der Waals surface area contributed by atoms with Crippen molar-refractivity contribution in [1.29, 1.82) is 0 Å². The van der Waals surface area contributed by atoms with E-state index >= 15 is 0 Å². The van der Waals surface area contributed by atoms with Gasteiger partial charge in [-0.1, -0.05) is 30.3 Å². The monoisotopic (exact) mass is 371 g/mol. The van der Waals surface area contributed by atoms with Crippen LogP contribution in [0.3, 0.4) is 0 Å². The Labute approximate surface area is 163 Å². The van der Waals surface area contributed by atoms with E-state index in [1.165, 1.54) is 0 Å². The standard InChI is InChI=1S/C22H21N5O/c1-16-19(13-24-27(16)17-7-3-2-4-8-17)22(28)25-12-11-18(14-25)26-15-23-20-9-5-6-10-21(20)26/h2-10,13,15,18H,11-12,14H2,1H3/t18-/m0/s1. The SMILES string of the molecule is Cc1c(C(=O)N2CC[C@H](n3cnc4ccccc43)C2)cnn1-c1ccccc1. The van der Waals surface area contributed by atoms with E-state index in [0.717, 1.165) is 35.4 Å². The summed E-state index contributed by atoms with van der Waals surface area (Å²) in [4.78, 5) is 19.6.